The average molecular weight is 1310 g/mol. The third-order valence-electron chi connectivity index (χ3n) is 21.7. The SMILES string of the molecule is Cc1cc(-c2ccccn2)ccc1-c1cc2c(cc1-c1c(C)c(C)c(-c3ccccc3-c3ccc(-c4cc(C(C)(C)C)ccn4)cc3-c3ccc4c(c3)c3ccccc3n4-c3ccccc3)c(C)c1C)c1cc(-c3ccc4c(c3)c3ccccc3n4-c3ccccc3)ccc1n2-c1ccccc1. The van der Waals surface area contributed by atoms with Gasteiger partial charge >= 0.3 is 0 Å². The molecule has 0 atom stereocenters. The number of hydrogen-bond donors (Lipinski definition) is 0. The van der Waals surface area contributed by atoms with E-state index in [-0.39, 0.29) is 5.41 Å². The summed E-state index contributed by atoms with van der Waals surface area (Å²) in [6.45, 7) is 18.5. The highest BCUT2D eigenvalue weighted by atomic mass is 15.0. The Balaban J connectivity index is 0.845. The number of pyridine rings is 2. The summed E-state index contributed by atoms with van der Waals surface area (Å²) in [5, 5.41) is 7.29. The van der Waals surface area contributed by atoms with Crippen molar-refractivity contribution in [3.63, 3.8) is 0 Å². The summed E-state index contributed by atoms with van der Waals surface area (Å²) in [6, 6.07) is 110. The maximum Gasteiger partial charge on any atom is 0.0705 e. The molecule has 0 aliphatic heterocycles. The molecule has 0 fully saturated rings. The molecule has 5 aromatic heterocycles. The second-order valence-electron chi connectivity index (χ2n) is 28.6. The number of aromatic nitrogens is 5. The quantitative estimate of drug-likeness (QED) is 0.129. The number of nitrogens with zero attached hydrogens (tertiary/aromatic N) is 5. The van der Waals surface area contributed by atoms with Gasteiger partial charge in [-0.3, -0.25) is 9.97 Å². The summed E-state index contributed by atoms with van der Waals surface area (Å²) in [5.74, 6) is 0. The zero-order valence-electron chi connectivity index (χ0n) is 58.7. The van der Waals surface area contributed by atoms with E-state index in [9.17, 15) is 0 Å². The van der Waals surface area contributed by atoms with Crippen molar-refractivity contribution in [1.29, 1.82) is 0 Å². The van der Waals surface area contributed by atoms with Crippen molar-refractivity contribution in [3.8, 4) is 106 Å². The molecule has 0 saturated heterocycles. The van der Waals surface area contributed by atoms with Crippen molar-refractivity contribution in [3.05, 3.63) is 343 Å². The third kappa shape index (κ3) is 10.2. The summed E-state index contributed by atoms with van der Waals surface area (Å²) < 4.78 is 7.28. The van der Waals surface area contributed by atoms with Gasteiger partial charge in [-0.15, -0.1) is 0 Å². The van der Waals surface area contributed by atoms with Crippen molar-refractivity contribution in [1.82, 2.24) is 23.7 Å². The lowest BCUT2D eigenvalue weighted by atomic mass is 9.79. The van der Waals surface area contributed by atoms with Crippen LogP contribution in [0.5, 0.6) is 0 Å². The molecule has 0 aliphatic rings. The van der Waals surface area contributed by atoms with E-state index in [1.807, 2.05) is 18.5 Å². The number of fused-ring (bicyclic) bond motifs is 9. The number of hydrogen-bond acceptors (Lipinski definition) is 2. The molecular formula is C97H75N5. The molecular weight excluding hydrogens is 1240 g/mol. The predicted octanol–water partition coefficient (Wildman–Crippen LogP) is 25.9. The van der Waals surface area contributed by atoms with Crippen LogP contribution in [0.4, 0.5) is 0 Å². The van der Waals surface area contributed by atoms with Gasteiger partial charge in [0.1, 0.15) is 0 Å². The first-order chi connectivity index (χ1) is 49.8. The molecule has 5 nitrogen and oxygen atoms in total. The van der Waals surface area contributed by atoms with Crippen molar-refractivity contribution in [2.75, 3.05) is 0 Å². The van der Waals surface area contributed by atoms with Crippen molar-refractivity contribution in [2.24, 2.45) is 0 Å². The fourth-order valence-corrected chi connectivity index (χ4v) is 16.5. The second kappa shape index (κ2) is 24.5. The summed E-state index contributed by atoms with van der Waals surface area (Å²) in [4.78, 5) is 9.87. The maximum absolute atomic E-state index is 5.06. The molecule has 18 aromatic rings. The number of aryl methyl sites for hydroxylation is 1. The van der Waals surface area contributed by atoms with Gasteiger partial charge in [0.15, 0.2) is 0 Å². The first kappa shape index (κ1) is 61.9. The molecule has 0 radical (unpaired) electrons. The van der Waals surface area contributed by atoms with Crippen LogP contribution in [0, 0.1) is 34.6 Å². The van der Waals surface area contributed by atoms with E-state index >= 15 is 0 Å². The van der Waals surface area contributed by atoms with Crippen molar-refractivity contribution < 1.29 is 0 Å². The highest BCUT2D eigenvalue weighted by Gasteiger charge is 2.27. The minimum absolute atomic E-state index is 0.0454. The molecule has 0 N–H and O–H groups in total. The molecule has 0 amide bonds. The molecule has 488 valence electrons. The molecule has 13 aromatic carbocycles. The molecule has 5 heterocycles. The van der Waals surface area contributed by atoms with Crippen LogP contribution in [0.15, 0.2) is 310 Å². The Labute approximate surface area is 595 Å². The fraction of sp³-hybridized carbons (Fsp3) is 0.0928. The van der Waals surface area contributed by atoms with E-state index < -0.39 is 0 Å². The summed E-state index contributed by atoms with van der Waals surface area (Å²) >= 11 is 0. The minimum atomic E-state index is -0.0454. The fourth-order valence-electron chi connectivity index (χ4n) is 16.5. The number of para-hydroxylation sites is 5. The Morgan fingerprint density at radius 3 is 1.22 bits per heavy atom. The Morgan fingerprint density at radius 1 is 0.245 bits per heavy atom. The smallest absolute Gasteiger partial charge is 0.0705 e. The van der Waals surface area contributed by atoms with Crippen molar-refractivity contribution in [2.45, 2.75) is 60.8 Å². The van der Waals surface area contributed by atoms with E-state index in [1.54, 1.807) is 0 Å². The van der Waals surface area contributed by atoms with Gasteiger partial charge in [0.25, 0.3) is 0 Å². The zero-order chi connectivity index (χ0) is 69.1. The van der Waals surface area contributed by atoms with Gasteiger partial charge in [0.2, 0.25) is 0 Å². The standard InChI is InChI=1S/C97H75N5/c1-60-52-68(87-36-24-25-50-98-87)39-44-74(60)81-59-94-85(84-54-66(42-47-93(84)102(94)73-30-16-11-17-31-73)65-41-46-91-82(53-65)77-33-20-22-37-89(77)100(91)71-26-12-9-13-27-71)58-86(81)96-63(4)61(2)95(62(3)64(96)5)79-35-19-18-32-75(79)76-45-40-69(88-57-70(49-51-99-88)97(6,7)8)56-80(76)67-43-48-92-83(55-67)78-34-21-23-38-90(78)101(92)72-28-14-10-15-29-72/h9-59H,1-8H3. The molecule has 102 heavy (non-hydrogen) atoms. The first-order valence-corrected chi connectivity index (χ1v) is 35.5. The molecule has 0 bridgehead atoms. The van der Waals surface area contributed by atoms with E-state index in [0.29, 0.717) is 0 Å². The Hall–Kier alpha value is -12.4. The summed E-state index contributed by atoms with van der Waals surface area (Å²) in [5.41, 5.74) is 36.2. The van der Waals surface area contributed by atoms with Gasteiger partial charge in [0.05, 0.1) is 44.5 Å². The highest BCUT2D eigenvalue weighted by Crippen LogP contribution is 2.50. The maximum atomic E-state index is 5.06. The van der Waals surface area contributed by atoms with Crippen LogP contribution in [0.25, 0.3) is 172 Å². The lowest BCUT2D eigenvalue weighted by Gasteiger charge is -2.25. The van der Waals surface area contributed by atoms with Crippen LogP contribution >= 0.6 is 0 Å². The number of rotatable bonds is 11. The highest BCUT2D eigenvalue weighted by molar-refractivity contribution is 6.16. The van der Waals surface area contributed by atoms with E-state index in [1.165, 1.54) is 138 Å². The summed E-state index contributed by atoms with van der Waals surface area (Å²) in [6.07, 6.45) is 3.85. The minimum Gasteiger partial charge on any atom is -0.309 e. The van der Waals surface area contributed by atoms with Crippen LogP contribution in [0.3, 0.4) is 0 Å². The first-order valence-electron chi connectivity index (χ1n) is 35.5. The lowest BCUT2D eigenvalue weighted by Crippen LogP contribution is -2.11. The van der Waals surface area contributed by atoms with Crippen LogP contribution in [-0.4, -0.2) is 23.7 Å². The summed E-state index contributed by atoms with van der Waals surface area (Å²) in [7, 11) is 0. The Bertz CT molecular complexity index is 6350. The Kier molecular flexibility index (Phi) is 14.8. The molecule has 0 spiro atoms. The average Bonchev–Trinajstić information content (AvgIpc) is 1.48. The van der Waals surface area contributed by atoms with E-state index in [2.05, 4.69) is 360 Å². The molecule has 5 heteroatoms. The molecule has 0 aliphatic carbocycles. The lowest BCUT2D eigenvalue weighted by molar-refractivity contribution is 0.589. The van der Waals surface area contributed by atoms with Gasteiger partial charge in [-0.2, -0.15) is 0 Å². The van der Waals surface area contributed by atoms with Gasteiger partial charge in [-0.05, 0) is 274 Å². The molecule has 18 rings (SSSR count). The largest absolute Gasteiger partial charge is 0.309 e. The molecule has 0 saturated carbocycles. The predicted molar refractivity (Wildman–Crippen MR) is 431 cm³/mol. The van der Waals surface area contributed by atoms with Gasteiger partial charge in [-0.25, -0.2) is 0 Å². The van der Waals surface area contributed by atoms with Crippen LogP contribution in [0.2, 0.25) is 0 Å². The van der Waals surface area contributed by atoms with Gasteiger partial charge in [0, 0.05) is 72.9 Å². The zero-order valence-corrected chi connectivity index (χ0v) is 58.7. The van der Waals surface area contributed by atoms with Crippen LogP contribution in [0.1, 0.15) is 54.2 Å². The number of benzene rings is 13. The van der Waals surface area contributed by atoms with Gasteiger partial charge in [-0.1, -0.05) is 185 Å². The van der Waals surface area contributed by atoms with Crippen LogP contribution in [-0.2, 0) is 5.41 Å². The van der Waals surface area contributed by atoms with Gasteiger partial charge < -0.3 is 13.7 Å². The van der Waals surface area contributed by atoms with Crippen molar-refractivity contribution >= 4 is 65.4 Å². The normalized spacial score (nSPS) is 11.9. The van der Waals surface area contributed by atoms with Crippen LogP contribution < -0.4 is 0 Å². The monoisotopic (exact) mass is 1310 g/mol. The van der Waals surface area contributed by atoms with E-state index in [4.69, 9.17) is 9.97 Å². The Morgan fingerprint density at radius 2 is 0.667 bits per heavy atom. The molecule has 0 unspecified atom stereocenters. The van der Waals surface area contributed by atoms with E-state index in [0.717, 1.165) is 67.3 Å². The topological polar surface area (TPSA) is 40.6 Å². The second-order valence-corrected chi connectivity index (χ2v) is 28.6. The third-order valence-corrected chi connectivity index (χ3v) is 21.7.